The topological polar surface area (TPSA) is 101 Å². The van der Waals surface area contributed by atoms with E-state index in [0.717, 1.165) is 27.1 Å². The third-order valence-electron chi connectivity index (χ3n) is 4.36. The van der Waals surface area contributed by atoms with E-state index in [1.807, 2.05) is 31.2 Å². The second kappa shape index (κ2) is 7.78. The van der Waals surface area contributed by atoms with Gasteiger partial charge in [-0.1, -0.05) is 52.5 Å². The minimum Gasteiger partial charge on any atom is -0.297 e. The minimum absolute atomic E-state index is 0.141. The smallest absolute Gasteiger partial charge is 0.269 e. The molecule has 0 fully saturated rings. The van der Waals surface area contributed by atoms with Gasteiger partial charge in [0.05, 0.1) is 20.8 Å². The van der Waals surface area contributed by atoms with Crippen LogP contribution in [0.5, 0.6) is 0 Å². The summed E-state index contributed by atoms with van der Waals surface area (Å²) in [5.74, 6) is -0.374. The highest BCUT2D eigenvalue weighted by molar-refractivity contribution is 7.93. The fraction of sp³-hybridized carbons (Fsp3) is 0.150. The first-order chi connectivity index (χ1) is 14.2. The van der Waals surface area contributed by atoms with Crippen molar-refractivity contribution in [1.29, 1.82) is 0 Å². The van der Waals surface area contributed by atoms with Crippen molar-refractivity contribution < 1.29 is 13.2 Å². The standard InChI is InChI=1S/C20H18N4O3S3/c1-11-8-9-16(12(2)10-11)30(26,27)24-20-21-13(3)17(29-20)18(25)23-19-22-14-6-4-5-7-15(14)28-19/h4-10H,1-3H3,(H,21,24)(H,22,23,25). The summed E-state index contributed by atoms with van der Waals surface area (Å²) in [4.78, 5) is 21.8. The number of rotatable bonds is 5. The summed E-state index contributed by atoms with van der Waals surface area (Å²) in [7, 11) is -3.81. The maximum atomic E-state index is 12.8. The summed E-state index contributed by atoms with van der Waals surface area (Å²) in [6.45, 7) is 5.31. The van der Waals surface area contributed by atoms with E-state index >= 15 is 0 Å². The highest BCUT2D eigenvalue weighted by atomic mass is 32.2. The SMILES string of the molecule is Cc1ccc(S(=O)(=O)Nc2nc(C)c(C(=O)Nc3nc4ccccc4s3)s2)c(C)c1. The molecule has 0 radical (unpaired) electrons. The number of para-hydroxylation sites is 1. The first kappa shape index (κ1) is 20.5. The van der Waals surface area contributed by atoms with Gasteiger partial charge in [-0.3, -0.25) is 14.8 Å². The van der Waals surface area contributed by atoms with E-state index in [2.05, 4.69) is 20.0 Å². The van der Waals surface area contributed by atoms with E-state index in [1.165, 1.54) is 11.3 Å². The van der Waals surface area contributed by atoms with Gasteiger partial charge in [0, 0.05) is 0 Å². The van der Waals surface area contributed by atoms with Crippen LogP contribution in [0.4, 0.5) is 10.3 Å². The molecule has 30 heavy (non-hydrogen) atoms. The first-order valence-electron chi connectivity index (χ1n) is 8.97. The molecular weight excluding hydrogens is 440 g/mol. The van der Waals surface area contributed by atoms with Crippen molar-refractivity contribution in [2.75, 3.05) is 10.0 Å². The molecule has 0 bridgehead atoms. The average molecular weight is 459 g/mol. The monoisotopic (exact) mass is 458 g/mol. The van der Waals surface area contributed by atoms with Gasteiger partial charge in [0.1, 0.15) is 4.88 Å². The number of nitrogens with one attached hydrogen (secondary N) is 2. The van der Waals surface area contributed by atoms with Gasteiger partial charge in [0.25, 0.3) is 15.9 Å². The number of carbonyl (C=O) groups excluding carboxylic acids is 1. The lowest BCUT2D eigenvalue weighted by molar-refractivity contribution is 0.103. The number of benzene rings is 2. The summed E-state index contributed by atoms with van der Waals surface area (Å²) in [6.07, 6.45) is 0. The molecule has 2 heterocycles. The van der Waals surface area contributed by atoms with Gasteiger partial charge in [-0.2, -0.15) is 0 Å². The molecule has 2 aromatic heterocycles. The van der Waals surface area contributed by atoms with Gasteiger partial charge < -0.3 is 0 Å². The number of aromatic nitrogens is 2. The van der Waals surface area contributed by atoms with Crippen LogP contribution in [0.15, 0.2) is 47.4 Å². The molecule has 2 aromatic carbocycles. The molecule has 0 saturated carbocycles. The Morgan fingerprint density at radius 3 is 2.47 bits per heavy atom. The lowest BCUT2D eigenvalue weighted by Gasteiger charge is -2.08. The molecule has 4 rings (SSSR count). The number of sulfonamides is 1. The molecule has 0 aliphatic rings. The highest BCUT2D eigenvalue weighted by Gasteiger charge is 2.22. The zero-order chi connectivity index (χ0) is 21.5. The van der Waals surface area contributed by atoms with Gasteiger partial charge in [0.2, 0.25) is 0 Å². The number of fused-ring (bicyclic) bond motifs is 1. The number of nitrogens with zero attached hydrogens (tertiary/aromatic N) is 2. The van der Waals surface area contributed by atoms with Gasteiger partial charge in [-0.15, -0.1) is 0 Å². The number of hydrogen-bond donors (Lipinski definition) is 2. The van der Waals surface area contributed by atoms with Crippen LogP contribution in [0.25, 0.3) is 10.2 Å². The molecule has 0 atom stereocenters. The molecule has 1 amide bonds. The number of amides is 1. The van der Waals surface area contributed by atoms with Crippen LogP contribution in [0.3, 0.4) is 0 Å². The van der Waals surface area contributed by atoms with E-state index in [-0.39, 0.29) is 15.9 Å². The number of carbonyl (C=O) groups is 1. The molecule has 0 saturated heterocycles. The molecule has 0 spiro atoms. The van der Waals surface area contributed by atoms with Crippen LogP contribution >= 0.6 is 22.7 Å². The third kappa shape index (κ3) is 4.07. The molecule has 0 aliphatic heterocycles. The quantitative estimate of drug-likeness (QED) is 0.450. The largest absolute Gasteiger partial charge is 0.297 e. The fourth-order valence-electron chi connectivity index (χ4n) is 3.00. The van der Waals surface area contributed by atoms with Crippen LogP contribution in [0.2, 0.25) is 0 Å². The maximum Gasteiger partial charge on any atom is 0.269 e. The lowest BCUT2D eigenvalue weighted by atomic mass is 10.2. The maximum absolute atomic E-state index is 12.8. The van der Waals surface area contributed by atoms with Gasteiger partial charge >= 0.3 is 0 Å². The van der Waals surface area contributed by atoms with Crippen molar-refractivity contribution in [1.82, 2.24) is 9.97 Å². The van der Waals surface area contributed by atoms with E-state index < -0.39 is 10.0 Å². The summed E-state index contributed by atoms with van der Waals surface area (Å²) < 4.78 is 29.0. The Labute approximate surface area is 181 Å². The van der Waals surface area contributed by atoms with Crippen LogP contribution in [-0.4, -0.2) is 24.3 Å². The molecule has 154 valence electrons. The summed E-state index contributed by atoms with van der Waals surface area (Å²) in [5.41, 5.74) is 2.87. The molecular formula is C20H18N4O3S3. The van der Waals surface area contributed by atoms with E-state index in [0.29, 0.717) is 21.3 Å². The predicted molar refractivity (Wildman–Crippen MR) is 121 cm³/mol. The number of thiazole rings is 2. The Morgan fingerprint density at radius 2 is 1.73 bits per heavy atom. The molecule has 2 N–H and O–H groups in total. The number of aryl methyl sites for hydroxylation is 3. The Balaban J connectivity index is 1.55. The predicted octanol–water partition coefficient (Wildman–Crippen LogP) is 4.73. The third-order valence-corrected chi connectivity index (χ3v) is 8.01. The zero-order valence-corrected chi connectivity index (χ0v) is 18.8. The van der Waals surface area contributed by atoms with Crippen LogP contribution < -0.4 is 10.0 Å². The van der Waals surface area contributed by atoms with Crippen LogP contribution in [-0.2, 0) is 10.0 Å². The molecule has 0 aliphatic carbocycles. The fourth-order valence-corrected chi connectivity index (χ4v) is 6.19. The molecule has 4 aromatic rings. The highest BCUT2D eigenvalue weighted by Crippen LogP contribution is 2.29. The van der Waals surface area contributed by atoms with Gasteiger partial charge in [0.15, 0.2) is 10.3 Å². The lowest BCUT2D eigenvalue weighted by Crippen LogP contribution is -2.14. The van der Waals surface area contributed by atoms with E-state index in [1.54, 1.807) is 32.0 Å². The van der Waals surface area contributed by atoms with Crippen molar-refractivity contribution >= 4 is 59.1 Å². The Hall–Kier alpha value is -2.82. The zero-order valence-electron chi connectivity index (χ0n) is 16.4. The van der Waals surface area contributed by atoms with Gasteiger partial charge in [-0.05, 0) is 44.5 Å². The average Bonchev–Trinajstić information content (AvgIpc) is 3.23. The van der Waals surface area contributed by atoms with Crippen molar-refractivity contribution in [3.05, 3.63) is 64.2 Å². The number of hydrogen-bond acceptors (Lipinski definition) is 7. The second-order valence-electron chi connectivity index (χ2n) is 6.75. The summed E-state index contributed by atoms with van der Waals surface area (Å²) >= 11 is 2.36. The van der Waals surface area contributed by atoms with E-state index in [4.69, 9.17) is 0 Å². The Kier molecular flexibility index (Phi) is 5.31. The van der Waals surface area contributed by atoms with Crippen molar-refractivity contribution in [3.8, 4) is 0 Å². The Morgan fingerprint density at radius 1 is 0.967 bits per heavy atom. The summed E-state index contributed by atoms with van der Waals surface area (Å²) in [5, 5.41) is 3.39. The van der Waals surface area contributed by atoms with Gasteiger partial charge in [-0.25, -0.2) is 18.4 Å². The normalized spacial score (nSPS) is 11.6. The van der Waals surface area contributed by atoms with Crippen molar-refractivity contribution in [2.45, 2.75) is 25.7 Å². The summed E-state index contributed by atoms with van der Waals surface area (Å²) in [6, 6.07) is 12.7. The van der Waals surface area contributed by atoms with Crippen molar-refractivity contribution in [3.63, 3.8) is 0 Å². The molecule has 7 nitrogen and oxygen atoms in total. The van der Waals surface area contributed by atoms with E-state index in [9.17, 15) is 13.2 Å². The van der Waals surface area contributed by atoms with Crippen LogP contribution in [0.1, 0.15) is 26.5 Å². The van der Waals surface area contributed by atoms with Crippen LogP contribution in [0, 0.1) is 20.8 Å². The Bertz CT molecular complexity index is 1340. The van der Waals surface area contributed by atoms with Crippen molar-refractivity contribution in [2.24, 2.45) is 0 Å². The second-order valence-corrected chi connectivity index (χ2v) is 10.4. The number of anilines is 2. The minimum atomic E-state index is -3.81. The molecule has 10 heteroatoms. The first-order valence-corrected chi connectivity index (χ1v) is 12.1. The molecule has 0 unspecified atom stereocenters.